The van der Waals surface area contributed by atoms with E-state index in [0.717, 1.165) is 0 Å². The second kappa shape index (κ2) is 6.34. The summed E-state index contributed by atoms with van der Waals surface area (Å²) in [4.78, 5) is 1.97. The zero-order valence-corrected chi connectivity index (χ0v) is 16.0. The molecule has 1 aromatic carbocycles. The SMILES string of the molecule is CC1(C)OB(c2ccc(CN3CCS(=O)(=O)CC3)c(F)c2)OC1(C)C. The lowest BCUT2D eigenvalue weighted by Crippen LogP contribution is -2.41. The summed E-state index contributed by atoms with van der Waals surface area (Å²) in [5, 5.41) is 0. The Bertz CT molecular complexity index is 736. The number of benzene rings is 1. The third-order valence-corrected chi connectivity index (χ3v) is 7.04. The Morgan fingerprint density at radius 1 is 1.12 bits per heavy atom. The number of rotatable bonds is 3. The van der Waals surface area contributed by atoms with Crippen molar-refractivity contribution in [3.8, 4) is 0 Å². The maximum atomic E-state index is 14.5. The summed E-state index contributed by atoms with van der Waals surface area (Å²) >= 11 is 0. The molecule has 138 valence electrons. The van der Waals surface area contributed by atoms with E-state index in [1.807, 2.05) is 38.7 Å². The van der Waals surface area contributed by atoms with Gasteiger partial charge in [0, 0.05) is 25.2 Å². The van der Waals surface area contributed by atoms with Gasteiger partial charge in [-0.15, -0.1) is 0 Å². The van der Waals surface area contributed by atoms with Crippen molar-refractivity contribution in [3.05, 3.63) is 29.6 Å². The first-order valence-corrected chi connectivity index (χ1v) is 10.4. The van der Waals surface area contributed by atoms with Crippen LogP contribution in [0.3, 0.4) is 0 Å². The van der Waals surface area contributed by atoms with E-state index in [-0.39, 0.29) is 17.3 Å². The molecule has 2 heterocycles. The zero-order chi connectivity index (χ0) is 18.5. The molecule has 0 saturated carbocycles. The van der Waals surface area contributed by atoms with Crippen molar-refractivity contribution in [2.24, 2.45) is 0 Å². The monoisotopic (exact) mass is 369 g/mol. The van der Waals surface area contributed by atoms with Gasteiger partial charge in [0.25, 0.3) is 0 Å². The minimum atomic E-state index is -2.93. The summed E-state index contributed by atoms with van der Waals surface area (Å²) in [5.41, 5.74) is 0.277. The maximum Gasteiger partial charge on any atom is 0.494 e. The second-order valence-electron chi connectivity index (χ2n) is 7.87. The molecular formula is C17H25BFNO4S. The number of hydrogen-bond donors (Lipinski definition) is 0. The highest BCUT2D eigenvalue weighted by molar-refractivity contribution is 7.91. The van der Waals surface area contributed by atoms with Crippen LogP contribution >= 0.6 is 0 Å². The predicted molar refractivity (Wildman–Crippen MR) is 96.0 cm³/mol. The Balaban J connectivity index is 1.70. The lowest BCUT2D eigenvalue weighted by Gasteiger charge is -2.32. The van der Waals surface area contributed by atoms with E-state index in [2.05, 4.69) is 0 Å². The summed E-state index contributed by atoms with van der Waals surface area (Å²) in [7, 11) is -3.52. The van der Waals surface area contributed by atoms with Gasteiger partial charge in [0.2, 0.25) is 0 Å². The first-order chi connectivity index (χ1) is 11.5. The highest BCUT2D eigenvalue weighted by Crippen LogP contribution is 2.36. The van der Waals surface area contributed by atoms with Gasteiger partial charge in [0.1, 0.15) is 5.82 Å². The number of hydrogen-bond acceptors (Lipinski definition) is 5. The third kappa shape index (κ3) is 3.92. The molecule has 25 heavy (non-hydrogen) atoms. The van der Waals surface area contributed by atoms with Crippen LogP contribution in [0.5, 0.6) is 0 Å². The molecule has 2 fully saturated rings. The van der Waals surface area contributed by atoms with Crippen LogP contribution in [0, 0.1) is 5.82 Å². The standard InChI is InChI=1S/C17H25BFNO4S/c1-16(2)17(3,4)24-18(23-16)14-6-5-13(15(19)11-14)12-20-7-9-25(21,22)10-8-20/h5-6,11H,7-10,12H2,1-4H3. The van der Waals surface area contributed by atoms with Crippen molar-refractivity contribution < 1.29 is 22.1 Å². The molecule has 0 aliphatic carbocycles. The lowest BCUT2D eigenvalue weighted by molar-refractivity contribution is 0.00578. The van der Waals surface area contributed by atoms with Gasteiger partial charge in [-0.3, -0.25) is 4.90 Å². The third-order valence-electron chi connectivity index (χ3n) is 5.43. The van der Waals surface area contributed by atoms with Crippen LogP contribution in [-0.4, -0.2) is 56.2 Å². The topological polar surface area (TPSA) is 55.8 Å². The number of halogens is 1. The Hall–Kier alpha value is -0.955. The smallest absolute Gasteiger partial charge is 0.399 e. The highest BCUT2D eigenvalue weighted by atomic mass is 32.2. The number of sulfone groups is 1. The van der Waals surface area contributed by atoms with Gasteiger partial charge in [-0.05, 0) is 39.2 Å². The molecule has 2 aliphatic rings. The van der Waals surface area contributed by atoms with Crippen LogP contribution in [0.4, 0.5) is 4.39 Å². The molecule has 0 N–H and O–H groups in total. The van der Waals surface area contributed by atoms with Crippen LogP contribution in [0.2, 0.25) is 0 Å². The average molecular weight is 369 g/mol. The lowest BCUT2D eigenvalue weighted by atomic mass is 9.78. The molecule has 0 spiro atoms. The largest absolute Gasteiger partial charge is 0.494 e. The normalized spacial score (nSPS) is 25.2. The molecule has 8 heteroatoms. The summed E-state index contributed by atoms with van der Waals surface area (Å²) in [6.07, 6.45) is 0. The van der Waals surface area contributed by atoms with E-state index in [1.165, 1.54) is 6.07 Å². The van der Waals surface area contributed by atoms with E-state index in [9.17, 15) is 12.8 Å². The molecule has 0 atom stereocenters. The first-order valence-electron chi connectivity index (χ1n) is 8.56. The Kier molecular flexibility index (Phi) is 4.77. The van der Waals surface area contributed by atoms with Crippen molar-refractivity contribution in [1.29, 1.82) is 0 Å². The van der Waals surface area contributed by atoms with Crippen molar-refractivity contribution in [1.82, 2.24) is 4.90 Å². The second-order valence-corrected chi connectivity index (χ2v) is 10.2. The van der Waals surface area contributed by atoms with E-state index in [1.54, 1.807) is 6.07 Å². The maximum absolute atomic E-state index is 14.5. The minimum Gasteiger partial charge on any atom is -0.399 e. The fraction of sp³-hybridized carbons (Fsp3) is 0.647. The number of nitrogens with zero attached hydrogens (tertiary/aromatic N) is 1. The molecule has 0 amide bonds. The molecule has 0 radical (unpaired) electrons. The van der Waals surface area contributed by atoms with Crippen LogP contribution in [0.25, 0.3) is 0 Å². The average Bonchev–Trinajstić information content (AvgIpc) is 2.71. The van der Waals surface area contributed by atoms with E-state index in [4.69, 9.17) is 9.31 Å². The molecule has 2 aliphatic heterocycles. The molecule has 2 saturated heterocycles. The van der Waals surface area contributed by atoms with Gasteiger partial charge in [-0.2, -0.15) is 0 Å². The fourth-order valence-electron chi connectivity index (χ4n) is 2.97. The van der Waals surface area contributed by atoms with Gasteiger partial charge in [-0.1, -0.05) is 12.1 Å². The fourth-order valence-corrected chi connectivity index (χ4v) is 4.24. The quantitative estimate of drug-likeness (QED) is 0.753. The predicted octanol–water partition coefficient (Wildman–Crippen LogP) is 1.36. The molecule has 5 nitrogen and oxygen atoms in total. The van der Waals surface area contributed by atoms with Crippen molar-refractivity contribution in [2.75, 3.05) is 24.6 Å². The van der Waals surface area contributed by atoms with Crippen LogP contribution in [0.1, 0.15) is 33.3 Å². The Morgan fingerprint density at radius 2 is 1.68 bits per heavy atom. The molecule has 0 unspecified atom stereocenters. The summed E-state index contributed by atoms with van der Waals surface area (Å²) in [6.45, 7) is 9.14. The Labute approximate surface area is 149 Å². The van der Waals surface area contributed by atoms with Crippen molar-refractivity contribution in [3.63, 3.8) is 0 Å². The van der Waals surface area contributed by atoms with Crippen LogP contribution < -0.4 is 5.46 Å². The minimum absolute atomic E-state index is 0.140. The van der Waals surface area contributed by atoms with Gasteiger partial charge < -0.3 is 9.31 Å². The zero-order valence-electron chi connectivity index (χ0n) is 15.2. The van der Waals surface area contributed by atoms with Crippen LogP contribution in [0.15, 0.2) is 18.2 Å². The van der Waals surface area contributed by atoms with Crippen molar-refractivity contribution >= 4 is 22.4 Å². The van der Waals surface area contributed by atoms with E-state index in [0.29, 0.717) is 30.7 Å². The van der Waals surface area contributed by atoms with Crippen LogP contribution in [-0.2, 0) is 25.7 Å². The van der Waals surface area contributed by atoms with E-state index >= 15 is 0 Å². The summed E-state index contributed by atoms with van der Waals surface area (Å²) in [5.74, 6) is -0.0398. The molecule has 0 bridgehead atoms. The summed E-state index contributed by atoms with van der Waals surface area (Å²) in [6, 6.07) is 5.01. The first kappa shape index (κ1) is 18.8. The molecule has 0 aromatic heterocycles. The van der Waals surface area contributed by atoms with Gasteiger partial charge in [0.05, 0.1) is 22.7 Å². The van der Waals surface area contributed by atoms with E-state index < -0.39 is 28.2 Å². The highest BCUT2D eigenvalue weighted by Gasteiger charge is 2.51. The van der Waals surface area contributed by atoms with Gasteiger partial charge >= 0.3 is 7.12 Å². The van der Waals surface area contributed by atoms with Crippen molar-refractivity contribution in [2.45, 2.75) is 45.4 Å². The molecule has 3 rings (SSSR count). The summed E-state index contributed by atoms with van der Waals surface area (Å²) < 4.78 is 49.4. The Morgan fingerprint density at radius 3 is 2.20 bits per heavy atom. The molecular weight excluding hydrogens is 344 g/mol. The van der Waals surface area contributed by atoms with Gasteiger partial charge in [0.15, 0.2) is 9.84 Å². The van der Waals surface area contributed by atoms with Gasteiger partial charge in [-0.25, -0.2) is 12.8 Å². The molecule has 1 aromatic rings.